The first kappa shape index (κ1) is 20.5. The minimum Gasteiger partial charge on any atom is -0.497 e. The zero-order valence-electron chi connectivity index (χ0n) is 14.3. The van der Waals surface area contributed by atoms with E-state index < -0.39 is 0 Å². The van der Waals surface area contributed by atoms with E-state index in [1.807, 2.05) is 12.1 Å². The normalized spacial score (nSPS) is 18.1. The SMILES string of the molecule is COc1ccc(OC)c(NC(=O)CC23CCCN2CCC3)c1.Cl.O. The molecular weight excluding hydrogens is 332 g/mol. The molecule has 0 aromatic heterocycles. The van der Waals surface area contributed by atoms with E-state index in [4.69, 9.17) is 9.47 Å². The van der Waals surface area contributed by atoms with Gasteiger partial charge in [0.05, 0.1) is 19.9 Å². The van der Waals surface area contributed by atoms with Crippen LogP contribution in [0.15, 0.2) is 18.2 Å². The van der Waals surface area contributed by atoms with Crippen LogP contribution in [0, 0.1) is 0 Å². The molecule has 1 aromatic carbocycles. The van der Waals surface area contributed by atoms with Crippen molar-refractivity contribution in [3.63, 3.8) is 0 Å². The molecular formula is C17H27ClN2O4. The predicted molar refractivity (Wildman–Crippen MR) is 96.4 cm³/mol. The Morgan fingerprint density at radius 1 is 1.21 bits per heavy atom. The van der Waals surface area contributed by atoms with Crippen molar-refractivity contribution in [1.82, 2.24) is 4.90 Å². The lowest BCUT2D eigenvalue weighted by Crippen LogP contribution is -2.41. The first-order chi connectivity index (χ1) is 10.7. The van der Waals surface area contributed by atoms with Gasteiger partial charge in [-0.2, -0.15) is 0 Å². The molecule has 0 aliphatic carbocycles. The number of carbonyl (C=O) groups is 1. The number of ether oxygens (including phenoxy) is 2. The molecule has 0 spiro atoms. The number of amides is 1. The molecule has 0 unspecified atom stereocenters. The van der Waals surface area contributed by atoms with Crippen molar-refractivity contribution in [3.8, 4) is 11.5 Å². The maximum Gasteiger partial charge on any atom is 0.226 e. The summed E-state index contributed by atoms with van der Waals surface area (Å²) in [5.74, 6) is 1.42. The molecule has 2 saturated heterocycles. The summed E-state index contributed by atoms with van der Waals surface area (Å²) in [6, 6.07) is 5.43. The van der Waals surface area contributed by atoms with Gasteiger partial charge in [-0.05, 0) is 50.9 Å². The standard InChI is InChI=1S/C17H24N2O3.ClH.H2O/c1-21-13-5-6-15(22-2)14(11-13)18-16(20)12-17-7-3-9-19(17)10-4-8-17;;/h5-6,11H,3-4,7-10,12H2,1-2H3,(H,18,20);1H;1H2. The van der Waals surface area contributed by atoms with Gasteiger partial charge in [0.2, 0.25) is 5.91 Å². The predicted octanol–water partition coefficient (Wildman–Crippen LogP) is 2.26. The average Bonchev–Trinajstić information content (AvgIpc) is 3.06. The van der Waals surface area contributed by atoms with E-state index in [1.165, 1.54) is 12.8 Å². The van der Waals surface area contributed by atoms with Crippen molar-refractivity contribution in [2.24, 2.45) is 0 Å². The lowest BCUT2D eigenvalue weighted by atomic mass is 9.90. The topological polar surface area (TPSA) is 82.3 Å². The Labute approximate surface area is 149 Å². The molecule has 2 fully saturated rings. The van der Waals surface area contributed by atoms with Crippen molar-refractivity contribution in [3.05, 3.63) is 18.2 Å². The van der Waals surface area contributed by atoms with E-state index in [0.29, 0.717) is 23.6 Å². The third-order valence-corrected chi connectivity index (χ3v) is 4.98. The van der Waals surface area contributed by atoms with Crippen LogP contribution >= 0.6 is 12.4 Å². The van der Waals surface area contributed by atoms with Crippen molar-refractivity contribution in [1.29, 1.82) is 0 Å². The summed E-state index contributed by atoms with van der Waals surface area (Å²) in [4.78, 5) is 15.0. The van der Waals surface area contributed by atoms with Crippen LogP contribution in [0.3, 0.4) is 0 Å². The fourth-order valence-corrected chi connectivity index (χ4v) is 3.92. The Balaban J connectivity index is 0.00000144. The Hall–Kier alpha value is -1.50. The molecule has 3 N–H and O–H groups in total. The number of halogens is 1. The number of anilines is 1. The van der Waals surface area contributed by atoms with E-state index in [0.717, 1.165) is 25.9 Å². The molecule has 0 saturated carbocycles. The van der Waals surface area contributed by atoms with Gasteiger partial charge in [0.1, 0.15) is 11.5 Å². The second-order valence-corrected chi connectivity index (χ2v) is 6.21. The van der Waals surface area contributed by atoms with Crippen LogP contribution in [0.4, 0.5) is 5.69 Å². The lowest BCUT2D eigenvalue weighted by Gasteiger charge is -2.31. The summed E-state index contributed by atoms with van der Waals surface area (Å²) in [5, 5.41) is 3.00. The maximum absolute atomic E-state index is 12.5. The van der Waals surface area contributed by atoms with Gasteiger partial charge < -0.3 is 20.3 Å². The van der Waals surface area contributed by atoms with Gasteiger partial charge in [-0.3, -0.25) is 9.69 Å². The molecule has 7 heteroatoms. The summed E-state index contributed by atoms with van der Waals surface area (Å²) in [6.07, 6.45) is 5.24. The van der Waals surface area contributed by atoms with E-state index in [-0.39, 0.29) is 29.3 Å². The highest BCUT2D eigenvalue weighted by atomic mass is 35.5. The minimum atomic E-state index is 0. The second kappa shape index (κ2) is 8.55. The molecule has 2 heterocycles. The highest BCUT2D eigenvalue weighted by Crippen LogP contribution is 2.41. The van der Waals surface area contributed by atoms with Gasteiger partial charge in [0.15, 0.2) is 0 Å². The van der Waals surface area contributed by atoms with E-state index >= 15 is 0 Å². The summed E-state index contributed by atoms with van der Waals surface area (Å²) < 4.78 is 10.5. The third kappa shape index (κ3) is 3.94. The van der Waals surface area contributed by atoms with Crippen molar-refractivity contribution in [2.75, 3.05) is 32.6 Å². The molecule has 136 valence electrons. The fourth-order valence-electron chi connectivity index (χ4n) is 3.92. The Kier molecular flexibility index (Phi) is 7.32. The van der Waals surface area contributed by atoms with Gasteiger partial charge in [0, 0.05) is 18.0 Å². The number of methoxy groups -OCH3 is 2. The van der Waals surface area contributed by atoms with Crippen molar-refractivity contribution in [2.45, 2.75) is 37.6 Å². The largest absolute Gasteiger partial charge is 0.497 e. The third-order valence-electron chi connectivity index (χ3n) is 4.98. The van der Waals surface area contributed by atoms with Crippen LogP contribution in [-0.2, 0) is 4.79 Å². The van der Waals surface area contributed by atoms with Crippen molar-refractivity contribution < 1.29 is 19.7 Å². The molecule has 1 aromatic rings. The highest BCUT2D eigenvalue weighted by Gasteiger charge is 2.45. The first-order valence-corrected chi connectivity index (χ1v) is 7.94. The van der Waals surface area contributed by atoms with Crippen LogP contribution in [0.5, 0.6) is 11.5 Å². The monoisotopic (exact) mass is 358 g/mol. The van der Waals surface area contributed by atoms with Gasteiger partial charge in [-0.25, -0.2) is 0 Å². The molecule has 2 aliphatic heterocycles. The Morgan fingerprint density at radius 3 is 2.46 bits per heavy atom. The molecule has 6 nitrogen and oxygen atoms in total. The fraction of sp³-hybridized carbons (Fsp3) is 0.588. The number of rotatable bonds is 5. The molecule has 3 rings (SSSR count). The van der Waals surface area contributed by atoms with Crippen LogP contribution in [0.2, 0.25) is 0 Å². The average molecular weight is 359 g/mol. The molecule has 0 atom stereocenters. The molecule has 0 bridgehead atoms. The van der Waals surface area contributed by atoms with Gasteiger partial charge in [-0.15, -0.1) is 12.4 Å². The van der Waals surface area contributed by atoms with E-state index in [1.54, 1.807) is 20.3 Å². The zero-order chi connectivity index (χ0) is 15.6. The van der Waals surface area contributed by atoms with Gasteiger partial charge in [0.25, 0.3) is 0 Å². The molecule has 0 radical (unpaired) electrons. The summed E-state index contributed by atoms with van der Waals surface area (Å²) in [7, 11) is 3.22. The summed E-state index contributed by atoms with van der Waals surface area (Å²) in [6.45, 7) is 2.27. The number of hydrogen-bond acceptors (Lipinski definition) is 4. The quantitative estimate of drug-likeness (QED) is 0.875. The smallest absolute Gasteiger partial charge is 0.226 e. The number of fused-ring (bicyclic) bond motifs is 1. The van der Waals surface area contributed by atoms with Crippen molar-refractivity contribution >= 4 is 24.0 Å². The highest BCUT2D eigenvalue weighted by molar-refractivity contribution is 5.93. The lowest BCUT2D eigenvalue weighted by molar-refractivity contribution is -0.118. The van der Waals surface area contributed by atoms with Gasteiger partial charge >= 0.3 is 0 Å². The maximum atomic E-state index is 12.5. The number of benzene rings is 1. The minimum absolute atomic E-state index is 0. The molecule has 24 heavy (non-hydrogen) atoms. The molecule has 1 amide bonds. The molecule has 2 aliphatic rings. The van der Waals surface area contributed by atoms with Crippen LogP contribution < -0.4 is 14.8 Å². The van der Waals surface area contributed by atoms with E-state index in [2.05, 4.69) is 10.2 Å². The summed E-state index contributed by atoms with van der Waals surface area (Å²) in [5.41, 5.74) is 0.765. The summed E-state index contributed by atoms with van der Waals surface area (Å²) >= 11 is 0. The van der Waals surface area contributed by atoms with Crippen LogP contribution in [0.25, 0.3) is 0 Å². The van der Waals surface area contributed by atoms with Gasteiger partial charge in [-0.1, -0.05) is 0 Å². The number of nitrogens with one attached hydrogen (secondary N) is 1. The number of hydrogen-bond donors (Lipinski definition) is 1. The Morgan fingerprint density at radius 2 is 1.88 bits per heavy atom. The number of carbonyl (C=O) groups excluding carboxylic acids is 1. The zero-order valence-corrected chi connectivity index (χ0v) is 15.1. The van der Waals surface area contributed by atoms with Crippen LogP contribution in [-0.4, -0.2) is 49.1 Å². The number of nitrogens with zero attached hydrogens (tertiary/aromatic N) is 1. The Bertz CT molecular complexity index is 558. The first-order valence-electron chi connectivity index (χ1n) is 7.94. The van der Waals surface area contributed by atoms with E-state index in [9.17, 15) is 4.79 Å². The van der Waals surface area contributed by atoms with Crippen LogP contribution in [0.1, 0.15) is 32.1 Å². The second-order valence-electron chi connectivity index (χ2n) is 6.21.